The molecule has 0 aliphatic carbocycles. The Morgan fingerprint density at radius 1 is 1.17 bits per heavy atom. The Balaban J connectivity index is 2.79. The molecule has 0 fully saturated rings. The summed E-state index contributed by atoms with van der Waals surface area (Å²) < 4.78 is 1.45. The zero-order chi connectivity index (χ0) is 13.3. The third-order valence-corrected chi connectivity index (χ3v) is 3.02. The minimum atomic E-state index is -0.251. The zero-order valence-electron chi connectivity index (χ0n) is 10.7. The van der Waals surface area contributed by atoms with Crippen LogP contribution in [0.3, 0.4) is 0 Å². The zero-order valence-corrected chi connectivity index (χ0v) is 10.7. The molecule has 0 spiro atoms. The third kappa shape index (κ3) is 1.93. The van der Waals surface area contributed by atoms with Crippen LogP contribution in [-0.4, -0.2) is 4.57 Å². The SMILES string of the molecule is Cc1ccc(-c2c(C)cn(C)c(=O)c2C#N)cc1. The molecule has 0 atom stereocenters. The van der Waals surface area contributed by atoms with Gasteiger partial charge in [-0.05, 0) is 25.0 Å². The number of hydrogen-bond donors (Lipinski definition) is 0. The van der Waals surface area contributed by atoms with Crippen molar-refractivity contribution >= 4 is 0 Å². The van der Waals surface area contributed by atoms with Gasteiger partial charge in [-0.3, -0.25) is 4.79 Å². The molecular weight excluding hydrogens is 224 g/mol. The molecule has 0 radical (unpaired) electrons. The summed E-state index contributed by atoms with van der Waals surface area (Å²) in [5.74, 6) is 0. The number of pyridine rings is 1. The predicted molar refractivity (Wildman–Crippen MR) is 71.3 cm³/mol. The van der Waals surface area contributed by atoms with E-state index >= 15 is 0 Å². The first-order chi connectivity index (χ1) is 8.54. The van der Waals surface area contributed by atoms with E-state index in [1.165, 1.54) is 4.57 Å². The van der Waals surface area contributed by atoms with Gasteiger partial charge in [0.25, 0.3) is 5.56 Å². The minimum absolute atomic E-state index is 0.210. The van der Waals surface area contributed by atoms with Crippen LogP contribution < -0.4 is 5.56 Å². The summed E-state index contributed by atoms with van der Waals surface area (Å²) in [5.41, 5.74) is 3.68. The van der Waals surface area contributed by atoms with Gasteiger partial charge in [-0.2, -0.15) is 5.26 Å². The molecule has 90 valence electrons. The summed E-state index contributed by atoms with van der Waals surface area (Å²) >= 11 is 0. The number of nitrogens with zero attached hydrogens (tertiary/aromatic N) is 2. The first-order valence-electron chi connectivity index (χ1n) is 5.72. The fraction of sp³-hybridized carbons (Fsp3) is 0.200. The van der Waals surface area contributed by atoms with E-state index in [4.69, 9.17) is 0 Å². The topological polar surface area (TPSA) is 45.8 Å². The molecule has 0 saturated carbocycles. The van der Waals surface area contributed by atoms with Crippen LogP contribution in [0.25, 0.3) is 11.1 Å². The normalized spacial score (nSPS) is 10.1. The van der Waals surface area contributed by atoms with E-state index in [1.807, 2.05) is 44.2 Å². The molecule has 0 aliphatic rings. The number of rotatable bonds is 1. The highest BCUT2D eigenvalue weighted by Gasteiger charge is 2.13. The summed E-state index contributed by atoms with van der Waals surface area (Å²) in [4.78, 5) is 12.0. The third-order valence-electron chi connectivity index (χ3n) is 3.02. The number of hydrogen-bond acceptors (Lipinski definition) is 2. The van der Waals surface area contributed by atoms with Gasteiger partial charge < -0.3 is 4.57 Å². The molecule has 1 heterocycles. The van der Waals surface area contributed by atoms with Gasteiger partial charge >= 0.3 is 0 Å². The maximum absolute atomic E-state index is 12.0. The first kappa shape index (κ1) is 12.1. The van der Waals surface area contributed by atoms with Gasteiger partial charge in [0, 0.05) is 18.8 Å². The highest BCUT2D eigenvalue weighted by atomic mass is 16.1. The molecule has 3 heteroatoms. The average Bonchev–Trinajstić information content (AvgIpc) is 2.35. The Kier molecular flexibility index (Phi) is 3.03. The number of aromatic nitrogens is 1. The van der Waals surface area contributed by atoms with Gasteiger partial charge in [0.15, 0.2) is 0 Å². The van der Waals surface area contributed by atoms with Crippen molar-refractivity contribution in [2.75, 3.05) is 0 Å². The number of benzene rings is 1. The summed E-state index contributed by atoms with van der Waals surface area (Å²) in [7, 11) is 1.66. The van der Waals surface area contributed by atoms with Crippen LogP contribution in [0.1, 0.15) is 16.7 Å². The van der Waals surface area contributed by atoms with Crippen LogP contribution >= 0.6 is 0 Å². The molecule has 0 aliphatic heterocycles. The minimum Gasteiger partial charge on any atom is -0.317 e. The summed E-state index contributed by atoms with van der Waals surface area (Å²) in [6.45, 7) is 3.92. The van der Waals surface area contributed by atoms with Gasteiger partial charge in [0.2, 0.25) is 0 Å². The molecule has 0 bridgehead atoms. The average molecular weight is 238 g/mol. The van der Waals surface area contributed by atoms with E-state index in [0.717, 1.165) is 22.3 Å². The van der Waals surface area contributed by atoms with E-state index in [2.05, 4.69) is 0 Å². The molecular formula is C15H14N2O. The van der Waals surface area contributed by atoms with Crippen molar-refractivity contribution in [1.82, 2.24) is 4.57 Å². The van der Waals surface area contributed by atoms with Crippen molar-refractivity contribution < 1.29 is 0 Å². The van der Waals surface area contributed by atoms with Crippen molar-refractivity contribution in [2.45, 2.75) is 13.8 Å². The van der Waals surface area contributed by atoms with Gasteiger partial charge in [-0.15, -0.1) is 0 Å². The highest BCUT2D eigenvalue weighted by Crippen LogP contribution is 2.25. The van der Waals surface area contributed by atoms with Gasteiger partial charge in [0.1, 0.15) is 11.6 Å². The quantitative estimate of drug-likeness (QED) is 0.766. The monoisotopic (exact) mass is 238 g/mol. The number of nitriles is 1. The molecule has 3 nitrogen and oxygen atoms in total. The van der Waals surface area contributed by atoms with Crippen LogP contribution in [0, 0.1) is 25.2 Å². The summed E-state index contributed by atoms with van der Waals surface area (Å²) in [6, 6.07) is 9.87. The standard InChI is InChI=1S/C15H14N2O/c1-10-4-6-12(7-5-10)14-11(2)9-17(3)15(18)13(14)8-16/h4-7,9H,1-3H3. The summed E-state index contributed by atoms with van der Waals surface area (Å²) in [5, 5.41) is 9.20. The van der Waals surface area contributed by atoms with Gasteiger partial charge in [-0.25, -0.2) is 0 Å². The number of aryl methyl sites for hydroxylation is 3. The second-order valence-electron chi connectivity index (χ2n) is 4.46. The Morgan fingerprint density at radius 2 is 1.78 bits per heavy atom. The first-order valence-corrected chi connectivity index (χ1v) is 5.72. The summed E-state index contributed by atoms with van der Waals surface area (Å²) in [6.07, 6.45) is 1.76. The molecule has 0 unspecified atom stereocenters. The van der Waals surface area contributed by atoms with E-state index in [0.29, 0.717) is 0 Å². The maximum Gasteiger partial charge on any atom is 0.268 e. The Morgan fingerprint density at radius 3 is 2.33 bits per heavy atom. The Hall–Kier alpha value is -2.34. The van der Waals surface area contributed by atoms with Crippen molar-refractivity contribution in [3.63, 3.8) is 0 Å². The predicted octanol–water partition coefficient (Wildman–Crippen LogP) is 2.54. The second-order valence-corrected chi connectivity index (χ2v) is 4.46. The van der Waals surface area contributed by atoms with Crippen LogP contribution in [0.5, 0.6) is 0 Å². The lowest BCUT2D eigenvalue weighted by atomic mass is 9.97. The van der Waals surface area contributed by atoms with Crippen molar-refractivity contribution in [1.29, 1.82) is 5.26 Å². The van der Waals surface area contributed by atoms with Crippen LogP contribution in [0.2, 0.25) is 0 Å². The van der Waals surface area contributed by atoms with Crippen LogP contribution in [0.4, 0.5) is 0 Å². The second kappa shape index (κ2) is 4.50. The van der Waals surface area contributed by atoms with Crippen molar-refractivity contribution in [2.24, 2.45) is 7.05 Å². The van der Waals surface area contributed by atoms with E-state index in [1.54, 1.807) is 13.2 Å². The lowest BCUT2D eigenvalue weighted by Crippen LogP contribution is -2.20. The van der Waals surface area contributed by atoms with E-state index < -0.39 is 0 Å². The fourth-order valence-electron chi connectivity index (χ4n) is 2.09. The molecule has 2 rings (SSSR count). The smallest absolute Gasteiger partial charge is 0.268 e. The van der Waals surface area contributed by atoms with Crippen molar-refractivity contribution in [3.8, 4) is 17.2 Å². The molecule has 2 aromatic rings. The Labute approximate surface area is 106 Å². The highest BCUT2D eigenvalue weighted by molar-refractivity contribution is 5.73. The molecule has 1 aromatic carbocycles. The maximum atomic E-state index is 12.0. The van der Waals surface area contributed by atoms with E-state index in [-0.39, 0.29) is 11.1 Å². The Bertz CT molecular complexity index is 688. The van der Waals surface area contributed by atoms with Crippen molar-refractivity contribution in [3.05, 3.63) is 57.5 Å². The lowest BCUT2D eigenvalue weighted by molar-refractivity contribution is 0.848. The van der Waals surface area contributed by atoms with E-state index in [9.17, 15) is 10.1 Å². The molecule has 1 aromatic heterocycles. The largest absolute Gasteiger partial charge is 0.317 e. The van der Waals surface area contributed by atoms with Crippen LogP contribution in [-0.2, 0) is 7.05 Å². The molecule has 0 amide bonds. The van der Waals surface area contributed by atoms with Gasteiger partial charge in [-0.1, -0.05) is 29.8 Å². The molecule has 0 N–H and O–H groups in total. The molecule has 18 heavy (non-hydrogen) atoms. The fourth-order valence-corrected chi connectivity index (χ4v) is 2.09. The van der Waals surface area contributed by atoms with Gasteiger partial charge in [0.05, 0.1) is 0 Å². The van der Waals surface area contributed by atoms with Crippen LogP contribution in [0.15, 0.2) is 35.3 Å². The lowest BCUT2D eigenvalue weighted by Gasteiger charge is -2.10. The molecule has 0 saturated heterocycles.